The van der Waals surface area contributed by atoms with Gasteiger partial charge < -0.3 is 9.26 Å². The zero-order valence-corrected chi connectivity index (χ0v) is 20.7. The maximum absolute atomic E-state index is 6.12. The van der Waals surface area contributed by atoms with E-state index in [1.165, 1.54) is 23.3 Å². The van der Waals surface area contributed by atoms with Crippen molar-refractivity contribution in [2.24, 2.45) is 0 Å². The summed E-state index contributed by atoms with van der Waals surface area (Å²) < 4.78 is 23.7. The van der Waals surface area contributed by atoms with Gasteiger partial charge in [0.05, 0.1) is 20.1 Å². The van der Waals surface area contributed by atoms with Crippen molar-refractivity contribution in [3.05, 3.63) is 0 Å². The molecule has 0 aromatic heterocycles. The van der Waals surface area contributed by atoms with Gasteiger partial charge in [-0.05, 0) is 33.6 Å². The first kappa shape index (κ1) is 22.5. The molecule has 0 N–H and O–H groups in total. The number of ether oxygens (including phenoxy) is 1. The average Bonchev–Trinajstić information content (AvgIpc) is 2.43. The van der Waals surface area contributed by atoms with E-state index >= 15 is 0 Å². The monoisotopic (exact) mass is 464 g/mol. The fourth-order valence-corrected chi connectivity index (χ4v) is 6.16. The summed E-state index contributed by atoms with van der Waals surface area (Å²) in [5.41, 5.74) is 0. The van der Waals surface area contributed by atoms with Gasteiger partial charge in [-0.25, -0.2) is 0 Å². The van der Waals surface area contributed by atoms with Crippen LogP contribution in [0.1, 0.15) is 6.42 Å². The van der Waals surface area contributed by atoms with E-state index in [2.05, 4.69) is 46.3 Å². The normalized spacial score (nSPS) is 30.9. The Hall–Kier alpha value is 3.47. The standard InChI is InChI=1S/C8H22O4P6S3/c1-16(21-15)10-6-4-5-9-8(12-20-18(3)14)7(6)11-19-17(2)13/h6-8H,4-5,13-15H2,1-3H3/t6-,7?,8?,16?,17?,18?/m1/s1. The predicted octanol–water partition coefficient (Wildman–Crippen LogP) is 5.91. The van der Waals surface area contributed by atoms with Crippen LogP contribution in [-0.4, -0.2) is 45.1 Å². The van der Waals surface area contributed by atoms with Crippen LogP contribution in [0.5, 0.6) is 0 Å². The van der Waals surface area contributed by atoms with E-state index in [0.717, 1.165) is 6.42 Å². The van der Waals surface area contributed by atoms with Gasteiger partial charge in [0.1, 0.15) is 0 Å². The molecule has 0 amide bonds. The van der Waals surface area contributed by atoms with Crippen LogP contribution < -0.4 is 0 Å². The Balaban J connectivity index is 2.64. The van der Waals surface area contributed by atoms with Gasteiger partial charge in [0.2, 0.25) is 6.29 Å². The third-order valence-corrected chi connectivity index (χ3v) is 11.5. The van der Waals surface area contributed by atoms with Gasteiger partial charge in [-0.2, -0.15) is 0 Å². The molecule has 0 spiro atoms. The van der Waals surface area contributed by atoms with Crippen molar-refractivity contribution >= 4 is 81.6 Å². The van der Waals surface area contributed by atoms with Gasteiger partial charge >= 0.3 is 0 Å². The molecule has 0 aromatic carbocycles. The molecule has 21 heavy (non-hydrogen) atoms. The molecule has 1 heterocycles. The first-order valence-electron chi connectivity index (χ1n) is 5.96. The third-order valence-electron chi connectivity index (χ3n) is 2.28. The van der Waals surface area contributed by atoms with E-state index in [4.69, 9.17) is 17.6 Å². The second-order valence-corrected chi connectivity index (χ2v) is 23.6. The largest absolute Gasteiger partial charge is 0.349 e. The lowest BCUT2D eigenvalue weighted by Crippen LogP contribution is -2.46. The Morgan fingerprint density at radius 1 is 1.10 bits per heavy atom. The molecule has 1 fully saturated rings. The highest BCUT2D eigenvalue weighted by molar-refractivity contribution is 8.77. The molecule has 9 atom stereocenters. The molecule has 1 aliphatic rings. The highest BCUT2D eigenvalue weighted by atomic mass is 33.1. The summed E-state index contributed by atoms with van der Waals surface area (Å²) in [7, 11) is 7.68. The van der Waals surface area contributed by atoms with Crippen LogP contribution in [0.2, 0.25) is 0 Å². The van der Waals surface area contributed by atoms with E-state index in [0.29, 0.717) is 6.61 Å². The third kappa shape index (κ3) is 9.66. The Morgan fingerprint density at radius 2 is 1.71 bits per heavy atom. The Labute approximate surface area is 150 Å². The van der Waals surface area contributed by atoms with Crippen LogP contribution in [0.4, 0.5) is 0 Å². The van der Waals surface area contributed by atoms with Crippen LogP contribution in [0.15, 0.2) is 0 Å². The summed E-state index contributed by atoms with van der Waals surface area (Å²) >= 11 is 4.62. The van der Waals surface area contributed by atoms with Crippen LogP contribution >= 0.6 is 81.6 Å². The lowest BCUT2D eigenvalue weighted by molar-refractivity contribution is -0.181. The smallest absolute Gasteiger partial charge is 0.201 e. The Morgan fingerprint density at radius 3 is 2.29 bits per heavy atom. The van der Waals surface area contributed by atoms with Gasteiger partial charge in [-0.3, -0.25) is 8.37 Å². The fraction of sp³-hybridized carbons (Fsp3) is 1.00. The van der Waals surface area contributed by atoms with Crippen LogP contribution in [-0.2, 0) is 17.6 Å². The molecule has 13 heteroatoms. The van der Waals surface area contributed by atoms with Gasteiger partial charge in [0.15, 0.2) is 6.10 Å². The highest BCUT2D eigenvalue weighted by Crippen LogP contribution is 2.58. The highest BCUT2D eigenvalue weighted by Gasteiger charge is 2.39. The molecule has 0 aromatic rings. The molecule has 0 radical (unpaired) electrons. The van der Waals surface area contributed by atoms with Crippen molar-refractivity contribution in [2.45, 2.75) is 24.9 Å². The summed E-state index contributed by atoms with van der Waals surface area (Å²) in [6.45, 7) is 6.45. The van der Waals surface area contributed by atoms with Crippen molar-refractivity contribution in [3.8, 4) is 0 Å². The van der Waals surface area contributed by atoms with Crippen molar-refractivity contribution in [2.75, 3.05) is 26.6 Å². The van der Waals surface area contributed by atoms with E-state index in [1.54, 1.807) is 11.0 Å². The summed E-state index contributed by atoms with van der Waals surface area (Å²) in [6.07, 6.45) is 0.301. The lowest BCUT2D eigenvalue weighted by Gasteiger charge is -2.37. The topological polar surface area (TPSA) is 36.9 Å². The van der Waals surface area contributed by atoms with Crippen LogP contribution in [0.25, 0.3) is 0 Å². The molecule has 0 saturated carbocycles. The average molecular weight is 464 g/mol. The molecular weight excluding hydrogens is 442 g/mol. The molecule has 0 aliphatic carbocycles. The molecule has 0 bridgehead atoms. The number of hydrogen-bond acceptors (Lipinski definition) is 7. The summed E-state index contributed by atoms with van der Waals surface area (Å²) in [4.78, 5) is 0. The van der Waals surface area contributed by atoms with Crippen molar-refractivity contribution < 1.29 is 17.6 Å². The maximum Gasteiger partial charge on any atom is 0.201 e. The fourth-order valence-electron chi connectivity index (χ4n) is 1.48. The molecule has 126 valence electrons. The molecule has 1 saturated heterocycles. The van der Waals surface area contributed by atoms with E-state index in [1.807, 2.05) is 0 Å². The first-order chi connectivity index (χ1) is 9.93. The van der Waals surface area contributed by atoms with Crippen molar-refractivity contribution in [1.82, 2.24) is 0 Å². The minimum atomic E-state index is -0.522. The second-order valence-electron chi connectivity index (χ2n) is 4.12. The molecular formula is C8H22O4P6S3. The van der Waals surface area contributed by atoms with Crippen LogP contribution in [0.3, 0.4) is 0 Å². The van der Waals surface area contributed by atoms with Gasteiger partial charge in [0.25, 0.3) is 0 Å². The number of rotatable bonds is 9. The van der Waals surface area contributed by atoms with Gasteiger partial charge in [0, 0.05) is 29.7 Å². The first-order valence-corrected chi connectivity index (χ1v) is 20.1. The Bertz CT molecular complexity index is 293. The van der Waals surface area contributed by atoms with E-state index < -0.39 is 7.35 Å². The van der Waals surface area contributed by atoms with Gasteiger partial charge in [-0.15, -0.1) is 0 Å². The minimum absolute atomic E-state index is 0.0218. The molecule has 1 aliphatic heterocycles. The zero-order valence-electron chi connectivity index (χ0n) is 12.1. The predicted molar refractivity (Wildman–Crippen MR) is 116 cm³/mol. The van der Waals surface area contributed by atoms with Crippen molar-refractivity contribution in [1.29, 1.82) is 0 Å². The molecule has 8 unspecified atom stereocenters. The van der Waals surface area contributed by atoms with E-state index in [9.17, 15) is 0 Å². The quantitative estimate of drug-likeness (QED) is 0.310. The van der Waals surface area contributed by atoms with Crippen LogP contribution in [0, 0.1) is 0 Å². The lowest BCUT2D eigenvalue weighted by atomic mass is 10.1. The maximum atomic E-state index is 6.12. The van der Waals surface area contributed by atoms with Crippen molar-refractivity contribution in [3.63, 3.8) is 0 Å². The van der Waals surface area contributed by atoms with Gasteiger partial charge in [-0.1, -0.05) is 37.3 Å². The number of hydrogen-bond donors (Lipinski definition) is 0. The molecule has 4 nitrogen and oxygen atoms in total. The SMILES string of the molecule is CP(P)SOC1OCC[C@@H](OP(C)SP)C1OSP(C)P. The zero-order chi connectivity index (χ0) is 15.8. The minimum Gasteiger partial charge on any atom is -0.349 e. The summed E-state index contributed by atoms with van der Waals surface area (Å²) in [6, 6.07) is 0. The summed E-state index contributed by atoms with van der Waals surface area (Å²) in [5, 5.41) is 0. The second kappa shape index (κ2) is 12.8. The summed E-state index contributed by atoms with van der Waals surface area (Å²) in [5.74, 6) is 0. The molecule has 1 rings (SSSR count). The Kier molecular flexibility index (Phi) is 13.7. The van der Waals surface area contributed by atoms with E-state index in [-0.39, 0.29) is 32.1 Å².